The molecule has 0 saturated carbocycles. The smallest absolute Gasteiger partial charge is 0.0720 e. The Labute approximate surface area is 70.1 Å². The number of rotatable bonds is 6. The molecule has 0 aromatic rings. The molecule has 0 radical (unpaired) electrons. The average Bonchev–Trinajstić information content (AvgIpc) is 2.00. The van der Waals surface area contributed by atoms with Crippen molar-refractivity contribution in [3.8, 4) is 0 Å². The van der Waals surface area contributed by atoms with Gasteiger partial charge in [0, 0.05) is 0 Å². The Morgan fingerprint density at radius 1 is 1.55 bits per heavy atom. The van der Waals surface area contributed by atoms with E-state index in [1.54, 1.807) is 6.08 Å². The number of aliphatic hydroxyl groups is 1. The van der Waals surface area contributed by atoms with Crippen LogP contribution >= 0.6 is 0 Å². The molecule has 0 aromatic heterocycles. The lowest BCUT2D eigenvalue weighted by molar-refractivity contribution is 0.187. The van der Waals surface area contributed by atoms with Crippen LogP contribution in [0.1, 0.15) is 39.5 Å². The first-order valence-electron chi connectivity index (χ1n) is 4.51. The van der Waals surface area contributed by atoms with E-state index < -0.39 is 0 Å². The average molecular weight is 156 g/mol. The molecule has 0 saturated heterocycles. The molecule has 0 fully saturated rings. The van der Waals surface area contributed by atoms with Gasteiger partial charge in [-0.25, -0.2) is 0 Å². The van der Waals surface area contributed by atoms with Crippen molar-refractivity contribution in [3.63, 3.8) is 0 Å². The van der Waals surface area contributed by atoms with Crippen molar-refractivity contribution in [1.29, 1.82) is 0 Å². The standard InChI is InChI=1S/C10H20O/c1-4-6-7-9(3)8-10(11)5-2/h5,9-11H,2,4,6-8H2,1,3H3. The van der Waals surface area contributed by atoms with Crippen LogP contribution in [0, 0.1) is 5.92 Å². The van der Waals surface area contributed by atoms with Gasteiger partial charge in [-0.05, 0) is 12.3 Å². The monoisotopic (exact) mass is 156 g/mol. The fraction of sp³-hybridized carbons (Fsp3) is 0.800. The molecular weight excluding hydrogens is 136 g/mol. The molecule has 0 spiro atoms. The molecule has 1 N–H and O–H groups in total. The maximum atomic E-state index is 9.21. The van der Waals surface area contributed by atoms with Gasteiger partial charge in [-0.1, -0.05) is 39.2 Å². The second kappa shape index (κ2) is 6.41. The van der Waals surface area contributed by atoms with Crippen LogP contribution in [0.5, 0.6) is 0 Å². The van der Waals surface area contributed by atoms with E-state index in [0.29, 0.717) is 5.92 Å². The second-order valence-electron chi connectivity index (χ2n) is 3.29. The first-order valence-corrected chi connectivity index (χ1v) is 4.51. The van der Waals surface area contributed by atoms with E-state index in [0.717, 1.165) is 6.42 Å². The van der Waals surface area contributed by atoms with E-state index >= 15 is 0 Å². The Balaban J connectivity index is 3.34. The Morgan fingerprint density at radius 3 is 2.64 bits per heavy atom. The molecule has 0 bridgehead atoms. The highest BCUT2D eigenvalue weighted by Crippen LogP contribution is 2.13. The van der Waals surface area contributed by atoms with Crippen LogP contribution < -0.4 is 0 Å². The van der Waals surface area contributed by atoms with E-state index in [1.807, 2.05) is 0 Å². The molecule has 0 amide bonds. The van der Waals surface area contributed by atoms with Crippen molar-refractivity contribution >= 4 is 0 Å². The summed E-state index contributed by atoms with van der Waals surface area (Å²) in [6, 6.07) is 0. The zero-order valence-corrected chi connectivity index (χ0v) is 7.71. The van der Waals surface area contributed by atoms with Gasteiger partial charge in [0.05, 0.1) is 6.10 Å². The summed E-state index contributed by atoms with van der Waals surface area (Å²) in [5, 5.41) is 9.21. The van der Waals surface area contributed by atoms with Crippen LogP contribution in [0.2, 0.25) is 0 Å². The minimum atomic E-state index is -0.304. The zero-order chi connectivity index (χ0) is 8.69. The van der Waals surface area contributed by atoms with Crippen molar-refractivity contribution in [2.24, 2.45) is 5.92 Å². The molecule has 2 unspecified atom stereocenters. The highest BCUT2D eigenvalue weighted by Gasteiger charge is 2.05. The van der Waals surface area contributed by atoms with Gasteiger partial charge >= 0.3 is 0 Å². The van der Waals surface area contributed by atoms with Gasteiger partial charge in [0.2, 0.25) is 0 Å². The predicted molar refractivity (Wildman–Crippen MR) is 49.5 cm³/mol. The Kier molecular flexibility index (Phi) is 6.24. The summed E-state index contributed by atoms with van der Waals surface area (Å²) < 4.78 is 0. The van der Waals surface area contributed by atoms with Crippen LogP contribution in [0.15, 0.2) is 12.7 Å². The van der Waals surface area contributed by atoms with Crippen LogP contribution in [0.3, 0.4) is 0 Å². The molecule has 66 valence electrons. The quantitative estimate of drug-likeness (QED) is 0.586. The molecular formula is C10H20O. The summed E-state index contributed by atoms with van der Waals surface area (Å²) >= 11 is 0. The molecule has 1 nitrogen and oxygen atoms in total. The van der Waals surface area contributed by atoms with Crippen LogP contribution in [-0.4, -0.2) is 11.2 Å². The number of unbranched alkanes of at least 4 members (excludes halogenated alkanes) is 1. The highest BCUT2D eigenvalue weighted by molar-refractivity contribution is 4.79. The fourth-order valence-corrected chi connectivity index (χ4v) is 1.18. The maximum Gasteiger partial charge on any atom is 0.0720 e. The number of hydrogen-bond acceptors (Lipinski definition) is 1. The first-order chi connectivity index (χ1) is 5.20. The van der Waals surface area contributed by atoms with Crippen molar-refractivity contribution in [1.82, 2.24) is 0 Å². The van der Waals surface area contributed by atoms with Gasteiger partial charge in [0.15, 0.2) is 0 Å². The minimum absolute atomic E-state index is 0.304. The Bertz CT molecular complexity index is 99.0. The van der Waals surface area contributed by atoms with Crippen molar-refractivity contribution in [2.75, 3.05) is 0 Å². The third-order valence-corrected chi connectivity index (χ3v) is 1.97. The largest absolute Gasteiger partial charge is 0.389 e. The molecule has 0 aromatic carbocycles. The first kappa shape index (κ1) is 10.7. The molecule has 1 heteroatoms. The summed E-state index contributed by atoms with van der Waals surface area (Å²) in [5.41, 5.74) is 0. The van der Waals surface area contributed by atoms with E-state index in [2.05, 4.69) is 20.4 Å². The summed E-state index contributed by atoms with van der Waals surface area (Å²) in [5.74, 6) is 0.628. The van der Waals surface area contributed by atoms with E-state index in [-0.39, 0.29) is 6.10 Å². The van der Waals surface area contributed by atoms with Crippen LogP contribution in [0.25, 0.3) is 0 Å². The van der Waals surface area contributed by atoms with Crippen LogP contribution in [0.4, 0.5) is 0 Å². The number of hydrogen-bond donors (Lipinski definition) is 1. The third kappa shape index (κ3) is 6.11. The van der Waals surface area contributed by atoms with Gasteiger partial charge in [0.1, 0.15) is 0 Å². The van der Waals surface area contributed by atoms with Crippen molar-refractivity contribution < 1.29 is 5.11 Å². The lowest BCUT2D eigenvalue weighted by Crippen LogP contribution is -2.08. The molecule has 0 aliphatic rings. The molecule has 11 heavy (non-hydrogen) atoms. The van der Waals surface area contributed by atoms with E-state index in [4.69, 9.17) is 0 Å². The summed E-state index contributed by atoms with van der Waals surface area (Å²) in [4.78, 5) is 0. The van der Waals surface area contributed by atoms with Crippen LogP contribution in [-0.2, 0) is 0 Å². The normalized spacial score (nSPS) is 15.9. The number of aliphatic hydroxyl groups excluding tert-OH is 1. The molecule has 2 atom stereocenters. The summed E-state index contributed by atoms with van der Waals surface area (Å²) in [6.07, 6.45) is 5.91. The summed E-state index contributed by atoms with van der Waals surface area (Å²) in [7, 11) is 0. The molecule has 0 rings (SSSR count). The lowest BCUT2D eigenvalue weighted by atomic mass is 9.98. The van der Waals surface area contributed by atoms with E-state index in [1.165, 1.54) is 19.3 Å². The third-order valence-electron chi connectivity index (χ3n) is 1.97. The SMILES string of the molecule is C=CC(O)CC(C)CCCC. The highest BCUT2D eigenvalue weighted by atomic mass is 16.3. The van der Waals surface area contributed by atoms with Gasteiger partial charge in [0.25, 0.3) is 0 Å². The molecule has 0 aliphatic heterocycles. The minimum Gasteiger partial charge on any atom is -0.389 e. The summed E-state index contributed by atoms with van der Waals surface area (Å²) in [6.45, 7) is 7.92. The van der Waals surface area contributed by atoms with Gasteiger partial charge in [-0.2, -0.15) is 0 Å². The fourth-order valence-electron chi connectivity index (χ4n) is 1.18. The van der Waals surface area contributed by atoms with Gasteiger partial charge in [-0.15, -0.1) is 6.58 Å². The van der Waals surface area contributed by atoms with Crippen molar-refractivity contribution in [3.05, 3.63) is 12.7 Å². The Morgan fingerprint density at radius 2 is 2.18 bits per heavy atom. The predicted octanol–water partition coefficient (Wildman–Crippen LogP) is 2.75. The zero-order valence-electron chi connectivity index (χ0n) is 7.71. The van der Waals surface area contributed by atoms with Gasteiger partial charge < -0.3 is 5.11 Å². The van der Waals surface area contributed by atoms with E-state index in [9.17, 15) is 5.11 Å². The van der Waals surface area contributed by atoms with Gasteiger partial charge in [-0.3, -0.25) is 0 Å². The van der Waals surface area contributed by atoms with Crippen molar-refractivity contribution in [2.45, 2.75) is 45.6 Å². The molecule has 0 aliphatic carbocycles. The Hall–Kier alpha value is -0.300. The molecule has 0 heterocycles. The topological polar surface area (TPSA) is 20.2 Å². The maximum absolute atomic E-state index is 9.21. The second-order valence-corrected chi connectivity index (χ2v) is 3.29. The lowest BCUT2D eigenvalue weighted by Gasteiger charge is -2.12.